The Morgan fingerprint density at radius 3 is 1.19 bits per heavy atom. The predicted molar refractivity (Wildman–Crippen MR) is 171 cm³/mol. The van der Waals surface area contributed by atoms with Crippen LogP contribution in [0.1, 0.15) is 45.7 Å². The summed E-state index contributed by atoms with van der Waals surface area (Å²) in [4.78, 5) is 24.2. The van der Waals surface area contributed by atoms with Crippen molar-refractivity contribution in [2.24, 2.45) is 0 Å². The van der Waals surface area contributed by atoms with Crippen molar-refractivity contribution in [3.63, 3.8) is 0 Å². The van der Waals surface area contributed by atoms with Gasteiger partial charge in [-0.25, -0.2) is 0 Å². The zero-order chi connectivity index (χ0) is 29.4. The van der Waals surface area contributed by atoms with Crippen LogP contribution in [0.15, 0.2) is 97.1 Å². The number of hydrogen-bond donors (Lipinski definition) is 2. The van der Waals surface area contributed by atoms with Crippen LogP contribution >= 0.6 is 0 Å². The molecule has 0 amide bonds. The minimum Gasteiger partial charge on any atom is -0.507 e. The smallest absolute Gasteiger partial charge is 0.153 e. The van der Waals surface area contributed by atoms with E-state index >= 15 is 0 Å². The first-order valence-corrected chi connectivity index (χ1v) is 14.1. The molecule has 0 saturated carbocycles. The summed E-state index contributed by atoms with van der Waals surface area (Å²) in [5.74, 6) is -0.479. The van der Waals surface area contributed by atoms with Crippen molar-refractivity contribution in [2.45, 2.75) is 26.7 Å². The van der Waals surface area contributed by atoms with Crippen LogP contribution in [-0.4, -0.2) is 22.8 Å². The molecule has 0 aliphatic rings. The van der Waals surface area contributed by atoms with Gasteiger partial charge in [0, 0.05) is 11.1 Å². The van der Waals surface area contributed by atoms with E-state index in [1.165, 1.54) is 11.1 Å². The Morgan fingerprint density at radius 1 is 0.500 bits per heavy atom. The maximum absolute atomic E-state index is 12.1. The van der Waals surface area contributed by atoms with Gasteiger partial charge in [-0.2, -0.15) is 0 Å². The van der Waals surface area contributed by atoms with Crippen molar-refractivity contribution in [2.75, 3.05) is 0 Å². The number of hydrogen-bond acceptors (Lipinski definition) is 4. The third kappa shape index (κ3) is 4.61. The first kappa shape index (κ1) is 27.0. The zero-order valence-corrected chi connectivity index (χ0v) is 23.5. The Kier molecular flexibility index (Phi) is 7.05. The highest BCUT2D eigenvalue weighted by atomic mass is 16.3. The van der Waals surface area contributed by atoms with Gasteiger partial charge in [0.05, 0.1) is 11.1 Å². The number of phenols is 2. The molecule has 0 aliphatic heterocycles. The first-order chi connectivity index (χ1) is 20.4. The van der Waals surface area contributed by atoms with Crippen molar-refractivity contribution >= 4 is 34.1 Å². The number of carbonyl (C=O) groups excluding carboxylic acids is 2. The Balaban J connectivity index is 1.60. The molecule has 0 atom stereocenters. The first-order valence-electron chi connectivity index (χ1n) is 14.1. The molecule has 42 heavy (non-hydrogen) atoms. The number of phenolic OH excluding ortho intramolecular Hbond substituents is 2. The van der Waals surface area contributed by atoms with Crippen LogP contribution in [0.3, 0.4) is 0 Å². The minimum absolute atomic E-state index is 0.104. The number of carbonyl (C=O) groups is 2. The summed E-state index contributed by atoms with van der Waals surface area (Å²) in [5.41, 5.74) is 7.32. The number of aldehydes is 2. The maximum atomic E-state index is 12.1. The standard InChI is InChI=1S/C38H30O4/c1-3-23-5-9-25(10-6-23)27-13-15-33-29(17-27)19-31(21-39)37(41)35(33)36-34-16-14-28(26-11-7-24(4-2)8-12-26)18-30(34)20-32(22-40)38(36)42/h5-22,41-42H,3-4H2,1-2H3. The molecule has 6 aromatic rings. The highest BCUT2D eigenvalue weighted by Crippen LogP contribution is 2.48. The second-order valence-electron chi connectivity index (χ2n) is 10.6. The molecule has 206 valence electrons. The molecule has 0 aliphatic carbocycles. The fourth-order valence-corrected chi connectivity index (χ4v) is 5.75. The molecule has 4 nitrogen and oxygen atoms in total. The molecule has 0 heterocycles. The fourth-order valence-electron chi connectivity index (χ4n) is 5.75. The van der Waals surface area contributed by atoms with Gasteiger partial charge in [-0.3, -0.25) is 9.59 Å². The van der Waals surface area contributed by atoms with Gasteiger partial charge in [-0.1, -0.05) is 86.6 Å². The van der Waals surface area contributed by atoms with E-state index in [2.05, 4.69) is 62.4 Å². The number of aromatic hydroxyl groups is 2. The summed E-state index contributed by atoms with van der Waals surface area (Å²) in [7, 11) is 0. The molecule has 0 spiro atoms. The molecule has 6 rings (SSSR count). The van der Waals surface area contributed by atoms with E-state index < -0.39 is 0 Å². The molecule has 0 saturated heterocycles. The van der Waals surface area contributed by atoms with E-state index in [0.717, 1.165) is 45.9 Å². The summed E-state index contributed by atoms with van der Waals surface area (Å²) in [5, 5.41) is 25.6. The fraction of sp³-hybridized carbons (Fsp3) is 0.105. The summed E-state index contributed by atoms with van der Waals surface area (Å²) in [6, 6.07) is 31.7. The molecule has 4 heteroatoms. The quantitative estimate of drug-likeness (QED) is 0.194. The van der Waals surface area contributed by atoms with Crippen LogP contribution in [0, 0.1) is 0 Å². The van der Waals surface area contributed by atoms with E-state index in [9.17, 15) is 19.8 Å². The van der Waals surface area contributed by atoms with Gasteiger partial charge >= 0.3 is 0 Å². The van der Waals surface area contributed by atoms with Crippen LogP contribution in [-0.2, 0) is 12.8 Å². The normalized spacial score (nSPS) is 11.2. The molecule has 0 fully saturated rings. The SMILES string of the molecule is CCc1ccc(-c2ccc3c(-c4c(O)c(C=O)cc5cc(-c6ccc(CC)cc6)ccc45)c(O)c(C=O)cc3c2)cc1. The lowest BCUT2D eigenvalue weighted by Crippen LogP contribution is -1.94. The van der Waals surface area contributed by atoms with Crippen molar-refractivity contribution < 1.29 is 19.8 Å². The van der Waals surface area contributed by atoms with Crippen LogP contribution in [0.2, 0.25) is 0 Å². The van der Waals surface area contributed by atoms with Gasteiger partial charge in [-0.15, -0.1) is 0 Å². The topological polar surface area (TPSA) is 74.6 Å². The lowest BCUT2D eigenvalue weighted by atomic mass is 9.87. The van der Waals surface area contributed by atoms with Gasteiger partial charge in [-0.05, 0) is 92.0 Å². The molecule has 0 bridgehead atoms. The molecular weight excluding hydrogens is 520 g/mol. The minimum atomic E-state index is -0.239. The van der Waals surface area contributed by atoms with E-state index in [4.69, 9.17) is 0 Å². The van der Waals surface area contributed by atoms with Gasteiger partial charge in [0.2, 0.25) is 0 Å². The van der Waals surface area contributed by atoms with E-state index in [1.807, 2.05) is 36.4 Å². The Hall–Kier alpha value is -5.22. The average Bonchev–Trinajstić information content (AvgIpc) is 3.04. The van der Waals surface area contributed by atoms with Crippen LogP contribution in [0.25, 0.3) is 54.9 Å². The summed E-state index contributed by atoms with van der Waals surface area (Å²) >= 11 is 0. The maximum Gasteiger partial charge on any atom is 0.153 e. The highest BCUT2D eigenvalue weighted by Gasteiger charge is 2.22. The second kappa shape index (κ2) is 11.0. The zero-order valence-electron chi connectivity index (χ0n) is 23.5. The van der Waals surface area contributed by atoms with Gasteiger partial charge in [0.15, 0.2) is 12.6 Å². The van der Waals surface area contributed by atoms with Crippen molar-refractivity contribution in [3.05, 3.63) is 119 Å². The second-order valence-corrected chi connectivity index (χ2v) is 10.6. The average molecular weight is 551 g/mol. The van der Waals surface area contributed by atoms with E-state index in [1.54, 1.807) is 12.1 Å². The molecule has 2 N–H and O–H groups in total. The number of fused-ring (bicyclic) bond motifs is 2. The highest BCUT2D eigenvalue weighted by molar-refractivity contribution is 6.14. The predicted octanol–water partition coefficient (Wildman–Crippen LogP) is 9.15. The molecule has 6 aromatic carbocycles. The summed E-state index contributed by atoms with van der Waals surface area (Å²) < 4.78 is 0. The third-order valence-corrected chi connectivity index (χ3v) is 8.18. The molecule has 0 unspecified atom stereocenters. The van der Waals surface area contributed by atoms with Gasteiger partial charge < -0.3 is 10.2 Å². The van der Waals surface area contributed by atoms with Gasteiger partial charge in [0.1, 0.15) is 11.5 Å². The monoisotopic (exact) mass is 550 g/mol. The number of benzene rings is 6. The van der Waals surface area contributed by atoms with Crippen LogP contribution < -0.4 is 0 Å². The molecular formula is C38H30O4. The Labute approximate surface area is 244 Å². The van der Waals surface area contributed by atoms with Gasteiger partial charge in [0.25, 0.3) is 0 Å². The number of aryl methyl sites for hydroxylation is 2. The van der Waals surface area contributed by atoms with E-state index in [-0.39, 0.29) is 22.6 Å². The number of rotatable bonds is 7. The lowest BCUT2D eigenvalue weighted by molar-refractivity contribution is 0.111. The Bertz CT molecular complexity index is 1840. The third-order valence-electron chi connectivity index (χ3n) is 8.18. The van der Waals surface area contributed by atoms with E-state index in [0.29, 0.717) is 34.5 Å². The largest absolute Gasteiger partial charge is 0.507 e. The Morgan fingerprint density at radius 2 is 0.857 bits per heavy atom. The summed E-state index contributed by atoms with van der Waals surface area (Å²) in [6.07, 6.45) is 3.13. The van der Waals surface area contributed by atoms with Crippen molar-refractivity contribution in [1.29, 1.82) is 0 Å². The lowest BCUT2D eigenvalue weighted by Gasteiger charge is -2.18. The summed E-state index contributed by atoms with van der Waals surface area (Å²) in [6.45, 7) is 4.23. The van der Waals surface area contributed by atoms with Crippen LogP contribution in [0.5, 0.6) is 11.5 Å². The van der Waals surface area contributed by atoms with Crippen LogP contribution in [0.4, 0.5) is 0 Å². The molecule has 0 aromatic heterocycles. The van der Waals surface area contributed by atoms with Crippen molar-refractivity contribution in [3.8, 4) is 44.9 Å². The van der Waals surface area contributed by atoms with Crippen molar-refractivity contribution in [1.82, 2.24) is 0 Å². The molecule has 0 radical (unpaired) electrons.